The van der Waals surface area contributed by atoms with Crippen LogP contribution in [0.5, 0.6) is 0 Å². The molecule has 0 heterocycles. The van der Waals surface area contributed by atoms with Gasteiger partial charge in [-0.1, -0.05) is 60.3 Å². The number of nitrogens with zero attached hydrogens (tertiary/aromatic N) is 2. The molecule has 0 saturated carbocycles. The number of halogens is 4. The van der Waals surface area contributed by atoms with Crippen LogP contribution in [0.25, 0.3) is 0 Å². The van der Waals surface area contributed by atoms with Crippen molar-refractivity contribution in [2.24, 2.45) is 0 Å². The van der Waals surface area contributed by atoms with Crippen LogP contribution in [0.1, 0.15) is 32.3 Å². The summed E-state index contributed by atoms with van der Waals surface area (Å²) in [4.78, 5) is 27.4. The van der Waals surface area contributed by atoms with Gasteiger partial charge in [-0.05, 0) is 43.2 Å². The van der Waals surface area contributed by atoms with Gasteiger partial charge in [-0.15, -0.1) is 0 Å². The molecule has 35 heavy (non-hydrogen) atoms. The van der Waals surface area contributed by atoms with E-state index in [-0.39, 0.29) is 27.3 Å². The number of hydrogen-bond donors (Lipinski definition) is 1. The molecule has 192 valence electrons. The summed E-state index contributed by atoms with van der Waals surface area (Å²) in [5, 5.41) is 2.93. The minimum absolute atomic E-state index is 0.0203. The zero-order chi connectivity index (χ0) is 26.3. The van der Waals surface area contributed by atoms with Gasteiger partial charge < -0.3 is 10.2 Å². The normalized spacial score (nSPS) is 12.2. The van der Waals surface area contributed by atoms with Crippen LogP contribution in [0.3, 0.4) is 0 Å². The van der Waals surface area contributed by atoms with E-state index in [9.17, 15) is 22.4 Å². The number of amides is 2. The third-order valence-electron chi connectivity index (χ3n) is 5.20. The largest absolute Gasteiger partial charge is 0.354 e. The van der Waals surface area contributed by atoms with Crippen molar-refractivity contribution in [1.29, 1.82) is 0 Å². The van der Waals surface area contributed by atoms with Crippen LogP contribution < -0.4 is 9.62 Å². The maximum atomic E-state index is 13.4. The predicted molar refractivity (Wildman–Crippen MR) is 138 cm³/mol. The lowest BCUT2D eigenvalue weighted by Gasteiger charge is -2.31. The highest BCUT2D eigenvalue weighted by molar-refractivity contribution is 7.92. The SMILES string of the molecule is CCCCNC(=O)[C@@H](C)N(Cc1ccc(F)cc1)C(=O)CN(c1cc(Cl)c(Cl)cc1Cl)S(C)(=O)=O. The van der Waals surface area contributed by atoms with Gasteiger partial charge in [0.2, 0.25) is 21.8 Å². The first kappa shape index (κ1) is 29.2. The highest BCUT2D eigenvalue weighted by Crippen LogP contribution is 2.35. The van der Waals surface area contributed by atoms with E-state index in [0.717, 1.165) is 23.4 Å². The average molecular weight is 567 g/mol. The first-order valence-corrected chi connectivity index (χ1v) is 13.8. The molecule has 0 aliphatic heterocycles. The van der Waals surface area contributed by atoms with Gasteiger partial charge in [0, 0.05) is 13.1 Å². The zero-order valence-electron chi connectivity index (χ0n) is 19.5. The molecule has 1 N–H and O–H groups in total. The van der Waals surface area contributed by atoms with Gasteiger partial charge in [0.05, 0.1) is 27.0 Å². The third-order valence-corrected chi connectivity index (χ3v) is 7.35. The zero-order valence-corrected chi connectivity index (χ0v) is 22.6. The van der Waals surface area contributed by atoms with Crippen molar-refractivity contribution < 1.29 is 22.4 Å². The lowest BCUT2D eigenvalue weighted by atomic mass is 10.1. The van der Waals surface area contributed by atoms with Gasteiger partial charge >= 0.3 is 0 Å². The smallest absolute Gasteiger partial charge is 0.244 e. The summed E-state index contributed by atoms with van der Waals surface area (Å²) < 4.78 is 39.4. The summed E-state index contributed by atoms with van der Waals surface area (Å²) in [6.45, 7) is 3.26. The molecule has 0 aliphatic rings. The Morgan fingerprint density at radius 3 is 2.23 bits per heavy atom. The Hall–Kier alpha value is -2.07. The van der Waals surface area contributed by atoms with Crippen LogP contribution in [0.4, 0.5) is 10.1 Å². The molecule has 0 unspecified atom stereocenters. The summed E-state index contributed by atoms with van der Waals surface area (Å²) in [5.74, 6) is -1.51. The topological polar surface area (TPSA) is 86.8 Å². The number of nitrogens with one attached hydrogen (secondary N) is 1. The van der Waals surface area contributed by atoms with Crippen molar-refractivity contribution in [2.45, 2.75) is 39.3 Å². The number of carbonyl (C=O) groups excluding carboxylic acids is 2. The van der Waals surface area contributed by atoms with Gasteiger partial charge in [-0.2, -0.15) is 0 Å². The molecular weight excluding hydrogens is 540 g/mol. The van der Waals surface area contributed by atoms with Crippen LogP contribution in [0.15, 0.2) is 36.4 Å². The third kappa shape index (κ3) is 8.24. The number of hydrogen-bond acceptors (Lipinski definition) is 4. The number of anilines is 1. The Morgan fingerprint density at radius 1 is 1.06 bits per heavy atom. The first-order valence-electron chi connectivity index (χ1n) is 10.8. The molecule has 0 saturated heterocycles. The highest BCUT2D eigenvalue weighted by atomic mass is 35.5. The molecule has 0 bridgehead atoms. The first-order chi connectivity index (χ1) is 16.3. The van der Waals surface area contributed by atoms with E-state index in [2.05, 4.69) is 5.32 Å². The van der Waals surface area contributed by atoms with Crippen LogP contribution in [0, 0.1) is 5.82 Å². The van der Waals surface area contributed by atoms with Crippen molar-refractivity contribution in [3.05, 3.63) is 62.8 Å². The van der Waals surface area contributed by atoms with Gasteiger partial charge in [0.1, 0.15) is 18.4 Å². The molecule has 2 amide bonds. The Labute approximate surface area is 220 Å². The highest BCUT2D eigenvalue weighted by Gasteiger charge is 2.31. The summed E-state index contributed by atoms with van der Waals surface area (Å²) in [7, 11) is -3.99. The summed E-state index contributed by atoms with van der Waals surface area (Å²) in [5.41, 5.74) is 0.533. The lowest BCUT2D eigenvalue weighted by Crippen LogP contribution is -2.51. The fraction of sp³-hybridized carbons (Fsp3) is 0.391. The van der Waals surface area contributed by atoms with Gasteiger partial charge in [-0.25, -0.2) is 12.8 Å². The van der Waals surface area contributed by atoms with Gasteiger partial charge in [-0.3, -0.25) is 13.9 Å². The van der Waals surface area contributed by atoms with Gasteiger partial charge in [0.25, 0.3) is 0 Å². The second-order valence-electron chi connectivity index (χ2n) is 7.96. The van der Waals surface area contributed by atoms with Crippen molar-refractivity contribution in [2.75, 3.05) is 23.7 Å². The quantitative estimate of drug-likeness (QED) is 0.310. The number of unbranched alkanes of at least 4 members (excludes halogenated alkanes) is 1. The second-order valence-corrected chi connectivity index (χ2v) is 11.1. The molecule has 0 spiro atoms. The minimum atomic E-state index is -3.99. The van der Waals surface area contributed by atoms with E-state index in [4.69, 9.17) is 34.8 Å². The van der Waals surface area contributed by atoms with Crippen LogP contribution in [-0.4, -0.2) is 50.5 Å². The number of benzene rings is 2. The van der Waals surface area contributed by atoms with E-state index in [1.54, 1.807) is 6.92 Å². The Kier molecular flexibility index (Phi) is 10.6. The van der Waals surface area contributed by atoms with E-state index in [0.29, 0.717) is 12.1 Å². The molecule has 0 radical (unpaired) electrons. The van der Waals surface area contributed by atoms with Crippen molar-refractivity contribution in [3.63, 3.8) is 0 Å². The average Bonchev–Trinajstić information content (AvgIpc) is 2.78. The fourth-order valence-electron chi connectivity index (χ4n) is 3.20. The summed E-state index contributed by atoms with van der Waals surface area (Å²) in [6.07, 6.45) is 2.56. The van der Waals surface area contributed by atoms with Crippen LogP contribution in [-0.2, 0) is 26.2 Å². The van der Waals surface area contributed by atoms with Crippen molar-refractivity contribution in [1.82, 2.24) is 10.2 Å². The van der Waals surface area contributed by atoms with E-state index < -0.39 is 40.2 Å². The number of sulfonamides is 1. The molecular formula is C23H27Cl3FN3O4S. The number of carbonyl (C=O) groups is 2. The summed E-state index contributed by atoms with van der Waals surface area (Å²) in [6, 6.07) is 7.05. The Morgan fingerprint density at radius 2 is 1.66 bits per heavy atom. The summed E-state index contributed by atoms with van der Waals surface area (Å²) >= 11 is 18.2. The van der Waals surface area contributed by atoms with Crippen molar-refractivity contribution in [3.8, 4) is 0 Å². The van der Waals surface area contributed by atoms with E-state index in [1.807, 2.05) is 6.92 Å². The molecule has 0 aromatic heterocycles. The molecule has 2 aromatic rings. The lowest BCUT2D eigenvalue weighted by molar-refractivity contribution is -0.139. The molecule has 7 nitrogen and oxygen atoms in total. The molecule has 0 fully saturated rings. The predicted octanol–water partition coefficient (Wildman–Crippen LogP) is 4.89. The van der Waals surface area contributed by atoms with Crippen molar-refractivity contribution >= 4 is 62.3 Å². The Balaban J connectivity index is 2.41. The standard InChI is InChI=1S/C23H27Cl3FN3O4S/c1-4-5-10-28-23(32)15(2)29(13-16-6-8-17(27)9-7-16)22(31)14-30(35(3,33)34)21-12-19(25)18(24)11-20(21)26/h6-9,11-12,15H,4-5,10,13-14H2,1-3H3,(H,28,32)/t15-/m1/s1. The maximum Gasteiger partial charge on any atom is 0.244 e. The molecule has 0 aliphatic carbocycles. The fourth-order valence-corrected chi connectivity index (χ4v) is 4.75. The van der Waals surface area contributed by atoms with E-state index in [1.165, 1.54) is 41.3 Å². The minimum Gasteiger partial charge on any atom is -0.354 e. The molecule has 1 atom stereocenters. The molecule has 2 aromatic carbocycles. The molecule has 12 heteroatoms. The second kappa shape index (κ2) is 12.8. The van der Waals surface area contributed by atoms with Crippen LogP contribution >= 0.6 is 34.8 Å². The molecule has 2 rings (SSSR count). The van der Waals surface area contributed by atoms with Gasteiger partial charge in [0.15, 0.2) is 0 Å². The monoisotopic (exact) mass is 565 g/mol. The van der Waals surface area contributed by atoms with Crippen LogP contribution in [0.2, 0.25) is 15.1 Å². The van der Waals surface area contributed by atoms with E-state index >= 15 is 0 Å². The number of rotatable bonds is 11. The maximum absolute atomic E-state index is 13.4. The Bertz CT molecular complexity index is 1160.